The van der Waals surface area contributed by atoms with Gasteiger partial charge in [0.15, 0.2) is 6.73 Å². The van der Waals surface area contributed by atoms with Crippen LogP contribution in [0.3, 0.4) is 0 Å². The van der Waals surface area contributed by atoms with Crippen LogP contribution >= 0.6 is 0 Å². The minimum atomic E-state index is -4.44. The SMILES string of the molecule is Cn1ccc(CNC(=O)c2ccn(COc3cccc(C(F)(F)F)c3)n2)n1. The highest BCUT2D eigenvalue weighted by atomic mass is 19.4. The molecule has 0 spiro atoms. The van der Waals surface area contributed by atoms with Gasteiger partial charge >= 0.3 is 6.18 Å². The van der Waals surface area contributed by atoms with Crippen LogP contribution in [0.4, 0.5) is 13.2 Å². The van der Waals surface area contributed by atoms with Gasteiger partial charge in [-0.2, -0.15) is 23.4 Å². The van der Waals surface area contributed by atoms with Gasteiger partial charge in [0.25, 0.3) is 5.91 Å². The third kappa shape index (κ3) is 4.87. The molecule has 0 aliphatic heterocycles. The first-order valence-electron chi connectivity index (χ1n) is 7.91. The Morgan fingerprint density at radius 1 is 1.19 bits per heavy atom. The zero-order valence-corrected chi connectivity index (χ0v) is 14.3. The van der Waals surface area contributed by atoms with E-state index in [9.17, 15) is 18.0 Å². The van der Waals surface area contributed by atoms with Gasteiger partial charge in [0.2, 0.25) is 0 Å². The van der Waals surface area contributed by atoms with Crippen LogP contribution in [0, 0.1) is 0 Å². The van der Waals surface area contributed by atoms with E-state index in [4.69, 9.17) is 4.74 Å². The fourth-order valence-corrected chi connectivity index (χ4v) is 2.28. The lowest BCUT2D eigenvalue weighted by Crippen LogP contribution is -2.24. The van der Waals surface area contributed by atoms with Crippen LogP contribution in [0.2, 0.25) is 0 Å². The summed E-state index contributed by atoms with van der Waals surface area (Å²) in [5.74, 6) is -0.333. The number of aryl methyl sites for hydroxylation is 1. The highest BCUT2D eigenvalue weighted by Gasteiger charge is 2.30. The monoisotopic (exact) mass is 379 g/mol. The van der Waals surface area contributed by atoms with Crippen molar-refractivity contribution in [3.05, 3.63) is 65.7 Å². The molecule has 3 rings (SSSR count). The molecular formula is C17H16F3N5O2. The van der Waals surface area contributed by atoms with Crippen molar-refractivity contribution < 1.29 is 22.7 Å². The summed E-state index contributed by atoms with van der Waals surface area (Å²) < 4.78 is 46.3. The molecule has 0 unspecified atom stereocenters. The second-order valence-corrected chi connectivity index (χ2v) is 5.70. The van der Waals surface area contributed by atoms with Crippen LogP contribution in [-0.2, 0) is 26.5 Å². The van der Waals surface area contributed by atoms with E-state index in [2.05, 4.69) is 15.5 Å². The zero-order chi connectivity index (χ0) is 19.4. The number of amides is 1. The summed E-state index contributed by atoms with van der Waals surface area (Å²) >= 11 is 0. The molecule has 0 saturated heterocycles. The van der Waals surface area contributed by atoms with Gasteiger partial charge in [-0.15, -0.1) is 0 Å². The lowest BCUT2D eigenvalue weighted by molar-refractivity contribution is -0.137. The summed E-state index contributed by atoms with van der Waals surface area (Å²) in [5.41, 5.74) is 0.0757. The Labute approximate surface area is 152 Å². The summed E-state index contributed by atoms with van der Waals surface area (Å²) in [6, 6.07) is 7.82. The summed E-state index contributed by atoms with van der Waals surface area (Å²) in [6.07, 6.45) is -1.17. The maximum Gasteiger partial charge on any atom is 0.416 e. The van der Waals surface area contributed by atoms with E-state index in [1.54, 1.807) is 24.0 Å². The van der Waals surface area contributed by atoms with E-state index in [1.807, 2.05) is 0 Å². The number of nitrogens with one attached hydrogen (secondary N) is 1. The topological polar surface area (TPSA) is 74.0 Å². The van der Waals surface area contributed by atoms with Gasteiger partial charge in [-0.1, -0.05) is 6.07 Å². The molecule has 142 valence electrons. The number of benzene rings is 1. The van der Waals surface area contributed by atoms with Crippen LogP contribution < -0.4 is 10.1 Å². The van der Waals surface area contributed by atoms with Crippen molar-refractivity contribution in [2.24, 2.45) is 7.05 Å². The Morgan fingerprint density at radius 2 is 2.00 bits per heavy atom. The number of hydrogen-bond acceptors (Lipinski definition) is 4. The number of alkyl halides is 3. The molecule has 2 heterocycles. The summed E-state index contributed by atoms with van der Waals surface area (Å²) in [4.78, 5) is 12.1. The van der Waals surface area contributed by atoms with Gasteiger partial charge in [-0.25, -0.2) is 4.68 Å². The predicted octanol–water partition coefficient (Wildman–Crippen LogP) is 2.60. The van der Waals surface area contributed by atoms with E-state index < -0.39 is 17.6 Å². The molecule has 0 fully saturated rings. The zero-order valence-electron chi connectivity index (χ0n) is 14.3. The molecule has 0 saturated carbocycles. The van der Waals surface area contributed by atoms with E-state index in [1.165, 1.54) is 29.1 Å². The fraction of sp³-hybridized carbons (Fsp3) is 0.235. The number of aromatic nitrogens is 4. The average molecular weight is 379 g/mol. The average Bonchev–Trinajstić information content (AvgIpc) is 3.26. The summed E-state index contributed by atoms with van der Waals surface area (Å²) in [6.45, 7) is 0.127. The first-order chi connectivity index (χ1) is 12.8. The molecule has 0 atom stereocenters. The lowest BCUT2D eigenvalue weighted by Gasteiger charge is -2.10. The van der Waals surface area contributed by atoms with Gasteiger partial charge < -0.3 is 10.1 Å². The molecule has 0 aliphatic carbocycles. The van der Waals surface area contributed by atoms with E-state index in [0.717, 1.165) is 12.1 Å². The maximum absolute atomic E-state index is 12.7. The standard InChI is InChI=1S/C17H16F3N5O2/c1-24-7-5-13(22-24)10-21-16(26)15-6-8-25(23-15)11-27-14-4-2-3-12(9-14)17(18,19)20/h2-9H,10-11H2,1H3,(H,21,26). The van der Waals surface area contributed by atoms with Crippen LogP contribution in [0.5, 0.6) is 5.75 Å². The largest absolute Gasteiger partial charge is 0.471 e. The van der Waals surface area contributed by atoms with Crippen molar-refractivity contribution in [2.45, 2.75) is 19.5 Å². The van der Waals surface area contributed by atoms with Gasteiger partial charge in [-0.3, -0.25) is 9.48 Å². The number of nitrogens with zero attached hydrogens (tertiary/aromatic N) is 4. The number of rotatable bonds is 6. The first kappa shape index (κ1) is 18.5. The molecule has 27 heavy (non-hydrogen) atoms. The molecular weight excluding hydrogens is 363 g/mol. The highest BCUT2D eigenvalue weighted by molar-refractivity contribution is 5.92. The second-order valence-electron chi connectivity index (χ2n) is 5.70. The fourth-order valence-electron chi connectivity index (χ4n) is 2.28. The normalized spacial score (nSPS) is 11.4. The summed E-state index contributed by atoms with van der Waals surface area (Å²) in [5, 5.41) is 10.9. The summed E-state index contributed by atoms with van der Waals surface area (Å²) in [7, 11) is 1.78. The molecule has 7 nitrogen and oxygen atoms in total. The van der Waals surface area contributed by atoms with Crippen molar-refractivity contribution in [2.75, 3.05) is 0 Å². The third-order valence-electron chi connectivity index (χ3n) is 3.60. The van der Waals surface area contributed by atoms with Crippen LogP contribution in [0.15, 0.2) is 48.8 Å². The Hall–Kier alpha value is -3.30. The Morgan fingerprint density at radius 3 is 2.70 bits per heavy atom. The first-order valence-corrected chi connectivity index (χ1v) is 7.91. The molecule has 10 heteroatoms. The Kier molecular flexibility index (Phi) is 5.15. The minimum Gasteiger partial charge on any atom is -0.471 e. The van der Waals surface area contributed by atoms with Crippen molar-refractivity contribution in [1.29, 1.82) is 0 Å². The highest BCUT2D eigenvalue weighted by Crippen LogP contribution is 2.31. The van der Waals surface area contributed by atoms with Crippen molar-refractivity contribution in [3.8, 4) is 5.75 Å². The van der Waals surface area contributed by atoms with E-state index >= 15 is 0 Å². The Bertz CT molecular complexity index is 933. The number of ether oxygens (including phenoxy) is 1. The maximum atomic E-state index is 12.7. The molecule has 0 radical (unpaired) electrons. The molecule has 1 aromatic carbocycles. The third-order valence-corrected chi connectivity index (χ3v) is 3.60. The lowest BCUT2D eigenvalue weighted by atomic mass is 10.2. The van der Waals surface area contributed by atoms with Crippen molar-refractivity contribution in [1.82, 2.24) is 24.9 Å². The predicted molar refractivity (Wildman–Crippen MR) is 88.7 cm³/mol. The molecule has 2 aromatic heterocycles. The van der Waals surface area contributed by atoms with Gasteiger partial charge in [0.1, 0.15) is 11.4 Å². The number of halogens is 3. The van der Waals surface area contributed by atoms with Crippen molar-refractivity contribution in [3.63, 3.8) is 0 Å². The molecule has 1 N–H and O–H groups in total. The van der Waals surface area contributed by atoms with Crippen LogP contribution in [0.1, 0.15) is 21.7 Å². The van der Waals surface area contributed by atoms with Gasteiger partial charge in [0.05, 0.1) is 17.8 Å². The molecule has 0 bridgehead atoms. The van der Waals surface area contributed by atoms with Crippen molar-refractivity contribution >= 4 is 5.91 Å². The van der Waals surface area contributed by atoms with E-state index in [-0.39, 0.29) is 24.7 Å². The number of carbonyl (C=O) groups excluding carboxylic acids is 1. The van der Waals surface area contributed by atoms with Crippen LogP contribution in [0.25, 0.3) is 0 Å². The number of carbonyl (C=O) groups is 1. The van der Waals surface area contributed by atoms with Gasteiger partial charge in [-0.05, 0) is 30.3 Å². The van der Waals surface area contributed by atoms with Crippen LogP contribution in [-0.4, -0.2) is 25.5 Å². The Balaban J connectivity index is 1.55. The van der Waals surface area contributed by atoms with E-state index in [0.29, 0.717) is 5.69 Å². The second kappa shape index (κ2) is 7.52. The smallest absolute Gasteiger partial charge is 0.416 e. The quantitative estimate of drug-likeness (QED) is 0.715. The molecule has 1 amide bonds. The van der Waals surface area contributed by atoms with Gasteiger partial charge in [0, 0.05) is 19.4 Å². The molecule has 3 aromatic rings. The minimum absolute atomic E-state index is 0.0569. The number of hydrogen-bond donors (Lipinski definition) is 1. The molecule has 0 aliphatic rings.